The van der Waals surface area contributed by atoms with Crippen molar-refractivity contribution in [2.24, 2.45) is 5.92 Å². The van der Waals surface area contributed by atoms with E-state index in [0.717, 1.165) is 47.4 Å². The molecule has 6 rings (SSSR count). The van der Waals surface area contributed by atoms with Crippen LogP contribution in [0.25, 0.3) is 21.9 Å². The van der Waals surface area contributed by atoms with Gasteiger partial charge in [0.2, 0.25) is 0 Å². The summed E-state index contributed by atoms with van der Waals surface area (Å²) in [6, 6.07) is 14.2. The van der Waals surface area contributed by atoms with E-state index in [4.69, 9.17) is 4.98 Å². The van der Waals surface area contributed by atoms with E-state index < -0.39 is 0 Å². The smallest absolute Gasteiger partial charge is 0.149 e. The minimum absolute atomic E-state index is 0.224. The van der Waals surface area contributed by atoms with Crippen LogP contribution in [0.5, 0.6) is 0 Å². The number of halogens is 1. The molecule has 0 amide bonds. The second kappa shape index (κ2) is 7.19. The van der Waals surface area contributed by atoms with Crippen LogP contribution in [-0.4, -0.2) is 15.0 Å². The average molecular weight is 400 g/mol. The zero-order valence-corrected chi connectivity index (χ0v) is 17.1. The number of imidazole rings is 1. The van der Waals surface area contributed by atoms with Crippen molar-refractivity contribution in [1.29, 1.82) is 0 Å². The van der Waals surface area contributed by atoms with Crippen molar-refractivity contribution >= 4 is 21.9 Å². The molecule has 0 radical (unpaired) electrons. The van der Waals surface area contributed by atoms with Crippen LogP contribution in [-0.2, 0) is 6.42 Å². The van der Waals surface area contributed by atoms with Crippen molar-refractivity contribution in [3.63, 3.8) is 0 Å². The number of rotatable bonds is 4. The van der Waals surface area contributed by atoms with Gasteiger partial charge in [-0.15, -0.1) is 0 Å². The number of hydrogen-bond donors (Lipinski definition) is 1. The van der Waals surface area contributed by atoms with Gasteiger partial charge >= 0.3 is 0 Å². The maximum atomic E-state index is 14.1. The van der Waals surface area contributed by atoms with Crippen LogP contribution in [0.4, 0.5) is 4.39 Å². The fraction of sp³-hybridized carbons (Fsp3) is 0.385. The molecule has 4 aromatic rings. The Labute approximate surface area is 175 Å². The Hall–Kier alpha value is -2.75. The van der Waals surface area contributed by atoms with E-state index in [1.54, 1.807) is 12.3 Å². The molecule has 30 heavy (non-hydrogen) atoms. The number of nitrogens with one attached hydrogen (secondary N) is 1. The van der Waals surface area contributed by atoms with Crippen molar-refractivity contribution in [2.75, 3.05) is 0 Å². The highest BCUT2D eigenvalue weighted by Crippen LogP contribution is 2.41. The van der Waals surface area contributed by atoms with Crippen LogP contribution >= 0.6 is 0 Å². The predicted octanol–water partition coefficient (Wildman–Crippen LogP) is 6.64. The molecule has 2 aliphatic rings. The van der Waals surface area contributed by atoms with Crippen molar-refractivity contribution in [3.05, 3.63) is 71.4 Å². The second-order valence-electron chi connectivity index (χ2n) is 9.19. The van der Waals surface area contributed by atoms with E-state index in [1.165, 1.54) is 36.8 Å². The van der Waals surface area contributed by atoms with E-state index in [9.17, 15) is 4.39 Å². The van der Waals surface area contributed by atoms with Gasteiger partial charge in [-0.05, 0) is 91.7 Å². The topological polar surface area (TPSA) is 41.6 Å². The van der Waals surface area contributed by atoms with E-state index in [-0.39, 0.29) is 5.82 Å². The highest BCUT2D eigenvalue weighted by Gasteiger charge is 2.26. The lowest BCUT2D eigenvalue weighted by Crippen LogP contribution is -2.16. The van der Waals surface area contributed by atoms with Gasteiger partial charge in [-0.3, -0.25) is 4.98 Å². The van der Waals surface area contributed by atoms with Crippen LogP contribution in [0.3, 0.4) is 0 Å². The van der Waals surface area contributed by atoms with E-state index in [0.29, 0.717) is 17.4 Å². The van der Waals surface area contributed by atoms with E-state index in [2.05, 4.69) is 28.2 Å². The number of nitrogens with zero attached hydrogens (tertiary/aromatic N) is 2. The molecule has 0 saturated heterocycles. The van der Waals surface area contributed by atoms with Gasteiger partial charge in [-0.25, -0.2) is 9.37 Å². The molecular formula is C26H26FN3. The molecule has 3 nitrogen and oxygen atoms in total. The molecule has 0 unspecified atom stereocenters. The first-order valence-electron chi connectivity index (χ1n) is 11.3. The third-order valence-corrected chi connectivity index (χ3v) is 7.13. The zero-order chi connectivity index (χ0) is 20.1. The summed E-state index contributed by atoms with van der Waals surface area (Å²) in [4.78, 5) is 12.7. The van der Waals surface area contributed by atoms with E-state index >= 15 is 0 Å². The molecule has 0 spiro atoms. The molecule has 0 atom stereocenters. The normalized spacial score (nSPS) is 22.0. The van der Waals surface area contributed by atoms with Gasteiger partial charge in [-0.1, -0.05) is 18.2 Å². The van der Waals surface area contributed by atoms with Gasteiger partial charge in [-0.2, -0.15) is 0 Å². The van der Waals surface area contributed by atoms with Gasteiger partial charge in [0.15, 0.2) is 0 Å². The van der Waals surface area contributed by atoms with Crippen LogP contribution in [0.15, 0.2) is 48.7 Å². The molecule has 152 valence electrons. The molecule has 2 aliphatic carbocycles. The summed E-state index contributed by atoms with van der Waals surface area (Å²) in [6.45, 7) is 0. The molecule has 2 fully saturated rings. The largest absolute Gasteiger partial charge is 0.342 e. The van der Waals surface area contributed by atoms with Crippen LogP contribution in [0.1, 0.15) is 67.3 Å². The third-order valence-electron chi connectivity index (χ3n) is 7.13. The molecule has 0 bridgehead atoms. The van der Waals surface area contributed by atoms with Crippen LogP contribution in [0.2, 0.25) is 0 Å². The summed E-state index contributed by atoms with van der Waals surface area (Å²) in [5.41, 5.74) is 5.49. The molecule has 2 heterocycles. The van der Waals surface area contributed by atoms with Crippen molar-refractivity contribution in [1.82, 2.24) is 15.0 Å². The van der Waals surface area contributed by atoms with Gasteiger partial charge in [0.1, 0.15) is 17.2 Å². The summed E-state index contributed by atoms with van der Waals surface area (Å²) in [5.74, 6) is 2.82. The first-order valence-corrected chi connectivity index (χ1v) is 11.3. The standard InChI is InChI=1S/C26H26FN3/c27-22-11-10-20(21-2-1-13-28-26(21)22)18-5-3-16(4-6-18)14-25-29-23-12-9-19(17-7-8-17)15-24(23)30-25/h1-2,9-13,15-18H,3-8,14H2,(H,29,30). The number of hydrogen-bond acceptors (Lipinski definition) is 2. The average Bonchev–Trinajstić information content (AvgIpc) is 3.55. The highest BCUT2D eigenvalue weighted by molar-refractivity contribution is 5.83. The SMILES string of the molecule is Fc1ccc(C2CCC(Cc3nc4cc(C5CC5)ccc4[nH]3)CC2)c2cccnc12. The zero-order valence-electron chi connectivity index (χ0n) is 17.1. The predicted molar refractivity (Wildman–Crippen MR) is 118 cm³/mol. The molecule has 4 heteroatoms. The summed E-state index contributed by atoms with van der Waals surface area (Å²) < 4.78 is 14.1. The van der Waals surface area contributed by atoms with Crippen LogP contribution < -0.4 is 0 Å². The molecule has 2 saturated carbocycles. The Morgan fingerprint density at radius 3 is 2.60 bits per heavy atom. The first kappa shape index (κ1) is 18.1. The summed E-state index contributed by atoms with van der Waals surface area (Å²) in [6.07, 6.45) is 10.0. The van der Waals surface area contributed by atoms with Crippen molar-refractivity contribution < 1.29 is 4.39 Å². The monoisotopic (exact) mass is 399 g/mol. The van der Waals surface area contributed by atoms with Gasteiger partial charge in [0.05, 0.1) is 11.0 Å². The van der Waals surface area contributed by atoms with Crippen molar-refractivity contribution in [3.8, 4) is 0 Å². The summed E-state index contributed by atoms with van der Waals surface area (Å²) in [5, 5.41) is 0.977. The summed E-state index contributed by atoms with van der Waals surface area (Å²) in [7, 11) is 0. The Bertz CT molecular complexity index is 1220. The quantitative estimate of drug-likeness (QED) is 0.418. The first-order chi connectivity index (χ1) is 14.7. The van der Waals surface area contributed by atoms with Gasteiger partial charge < -0.3 is 4.98 Å². The van der Waals surface area contributed by atoms with Crippen molar-refractivity contribution in [2.45, 2.75) is 56.8 Å². The fourth-order valence-electron chi connectivity index (χ4n) is 5.31. The maximum absolute atomic E-state index is 14.1. The number of pyridine rings is 1. The third kappa shape index (κ3) is 3.28. The molecule has 2 aromatic carbocycles. The lowest BCUT2D eigenvalue weighted by Gasteiger charge is -2.29. The Kier molecular flexibility index (Phi) is 4.33. The number of fused-ring (bicyclic) bond motifs is 2. The number of benzene rings is 2. The molecular weight excluding hydrogens is 373 g/mol. The Morgan fingerprint density at radius 2 is 1.77 bits per heavy atom. The Morgan fingerprint density at radius 1 is 0.933 bits per heavy atom. The minimum atomic E-state index is -0.224. The lowest BCUT2D eigenvalue weighted by molar-refractivity contribution is 0.322. The van der Waals surface area contributed by atoms with Gasteiger partial charge in [0.25, 0.3) is 0 Å². The fourth-order valence-corrected chi connectivity index (χ4v) is 5.31. The lowest BCUT2D eigenvalue weighted by atomic mass is 9.76. The number of H-pyrrole nitrogens is 1. The molecule has 2 aromatic heterocycles. The maximum Gasteiger partial charge on any atom is 0.149 e. The number of aromatic amines is 1. The Balaban J connectivity index is 1.16. The van der Waals surface area contributed by atoms with Gasteiger partial charge in [0, 0.05) is 18.0 Å². The highest BCUT2D eigenvalue weighted by atomic mass is 19.1. The molecule has 1 N–H and O–H groups in total. The number of aromatic nitrogens is 3. The minimum Gasteiger partial charge on any atom is -0.342 e. The molecule has 0 aliphatic heterocycles. The summed E-state index contributed by atoms with van der Waals surface area (Å²) >= 11 is 0. The van der Waals surface area contributed by atoms with Crippen LogP contribution in [0, 0.1) is 11.7 Å². The van der Waals surface area contributed by atoms with E-state index in [1.807, 2.05) is 18.2 Å². The second-order valence-corrected chi connectivity index (χ2v) is 9.19.